The van der Waals surface area contributed by atoms with Gasteiger partial charge in [-0.15, -0.1) is 0 Å². The van der Waals surface area contributed by atoms with Crippen LogP contribution in [0.5, 0.6) is 5.75 Å². The van der Waals surface area contributed by atoms with E-state index in [1.54, 1.807) is 26.5 Å². The van der Waals surface area contributed by atoms with Crippen LogP contribution in [0, 0.1) is 0 Å². The van der Waals surface area contributed by atoms with Gasteiger partial charge in [-0.05, 0) is 24.3 Å². The van der Waals surface area contributed by atoms with Gasteiger partial charge < -0.3 is 24.4 Å². The van der Waals surface area contributed by atoms with Gasteiger partial charge in [-0.25, -0.2) is 9.78 Å². The molecule has 0 radical (unpaired) electrons. The highest BCUT2D eigenvalue weighted by molar-refractivity contribution is 5.94. The molecule has 0 saturated carbocycles. The van der Waals surface area contributed by atoms with Crippen LogP contribution in [-0.2, 0) is 16.1 Å². The molecular weight excluding hydrogens is 431 g/mol. The quantitative estimate of drug-likeness (QED) is 0.741. The van der Waals surface area contributed by atoms with Gasteiger partial charge >= 0.3 is 12.1 Å². The molecule has 1 N–H and O–H groups in total. The van der Waals surface area contributed by atoms with Crippen molar-refractivity contribution in [3.05, 3.63) is 53.7 Å². The normalized spacial score (nSPS) is 13.4. The number of carboxylic acids is 1. The van der Waals surface area contributed by atoms with Gasteiger partial charge in [0.15, 0.2) is 0 Å². The zero-order chi connectivity index (χ0) is 23.7. The summed E-state index contributed by atoms with van der Waals surface area (Å²) in [6.45, 7) is 3.28. The Morgan fingerprint density at radius 3 is 2.50 bits per heavy atom. The van der Waals surface area contributed by atoms with Gasteiger partial charge in [0.25, 0.3) is 5.91 Å². The third-order valence-electron chi connectivity index (χ3n) is 4.58. The molecule has 0 atom stereocenters. The topological polar surface area (TPSA) is 92.2 Å². The van der Waals surface area contributed by atoms with E-state index in [1.165, 1.54) is 0 Å². The summed E-state index contributed by atoms with van der Waals surface area (Å²) in [6, 6.07) is 11.2. The Morgan fingerprint density at radius 2 is 1.88 bits per heavy atom. The van der Waals surface area contributed by atoms with Crippen molar-refractivity contribution < 1.29 is 37.3 Å². The second kappa shape index (κ2) is 11.3. The molecular formula is C21H24F3N3O5. The summed E-state index contributed by atoms with van der Waals surface area (Å²) in [4.78, 5) is 30.4. The van der Waals surface area contributed by atoms with Crippen molar-refractivity contribution in [1.82, 2.24) is 9.88 Å². The first kappa shape index (κ1) is 24.9. The van der Waals surface area contributed by atoms with Gasteiger partial charge in [-0.1, -0.05) is 12.1 Å². The predicted molar refractivity (Wildman–Crippen MR) is 110 cm³/mol. The number of aromatic nitrogens is 1. The van der Waals surface area contributed by atoms with Crippen molar-refractivity contribution in [3.8, 4) is 5.75 Å². The van der Waals surface area contributed by atoms with Crippen LogP contribution in [0.1, 0.15) is 15.9 Å². The number of ether oxygens (including phenoxy) is 2. The summed E-state index contributed by atoms with van der Waals surface area (Å²) in [5, 5.41) is 7.12. The molecule has 2 aromatic rings. The van der Waals surface area contributed by atoms with Crippen molar-refractivity contribution >= 4 is 17.7 Å². The van der Waals surface area contributed by atoms with Crippen molar-refractivity contribution in [2.45, 2.75) is 12.7 Å². The molecule has 174 valence electrons. The lowest BCUT2D eigenvalue weighted by Gasteiger charge is -2.23. The molecule has 0 spiro atoms. The van der Waals surface area contributed by atoms with Crippen LogP contribution >= 0.6 is 0 Å². The molecule has 3 rings (SSSR count). The number of carbonyl (C=O) groups excluding carboxylic acids is 1. The largest absolute Gasteiger partial charge is 0.497 e. The number of aliphatic carboxylic acids is 1. The zero-order valence-electron chi connectivity index (χ0n) is 17.6. The summed E-state index contributed by atoms with van der Waals surface area (Å²) in [6.07, 6.45) is -3.29. The highest BCUT2D eigenvalue weighted by Gasteiger charge is 2.38. The standard InChI is InChI=1S/C19H23N3O3.C2HF3O2/c1-24-12-11-21-9-10-22(14-16-6-4-8-20-18(16)21)19(23)15-5-3-7-17(13-15)25-2;3-2(4,5)1(6)7/h3-8,13H,9-12,14H2,1-2H3;(H,6,7). The first-order valence-electron chi connectivity index (χ1n) is 9.58. The molecule has 1 aliphatic rings. The van der Waals surface area contributed by atoms with Gasteiger partial charge in [0.05, 0.1) is 13.7 Å². The number of halogens is 3. The zero-order valence-corrected chi connectivity index (χ0v) is 17.6. The highest BCUT2D eigenvalue weighted by atomic mass is 19.4. The number of pyridine rings is 1. The fourth-order valence-electron chi connectivity index (χ4n) is 3.00. The molecule has 0 bridgehead atoms. The lowest BCUT2D eigenvalue weighted by atomic mass is 10.1. The Labute approximate surface area is 183 Å². The average molecular weight is 455 g/mol. The second-order valence-corrected chi connectivity index (χ2v) is 6.73. The van der Waals surface area contributed by atoms with Crippen LogP contribution in [0.4, 0.5) is 19.0 Å². The van der Waals surface area contributed by atoms with Gasteiger partial charge in [0, 0.05) is 50.6 Å². The Morgan fingerprint density at radius 1 is 1.16 bits per heavy atom. The number of nitrogens with zero attached hydrogens (tertiary/aromatic N) is 3. The van der Waals surface area contributed by atoms with Gasteiger partial charge in [0.1, 0.15) is 11.6 Å². The van der Waals surface area contributed by atoms with Crippen LogP contribution < -0.4 is 9.64 Å². The van der Waals surface area contributed by atoms with Gasteiger partial charge in [-0.2, -0.15) is 13.2 Å². The number of alkyl halides is 3. The Balaban J connectivity index is 0.000000451. The Kier molecular flexibility index (Phi) is 8.82. The smallest absolute Gasteiger partial charge is 0.490 e. The molecule has 1 aromatic carbocycles. The number of anilines is 1. The van der Waals surface area contributed by atoms with E-state index in [0.29, 0.717) is 31.0 Å². The molecule has 32 heavy (non-hydrogen) atoms. The Hall–Kier alpha value is -3.34. The lowest BCUT2D eigenvalue weighted by molar-refractivity contribution is -0.192. The fourth-order valence-corrected chi connectivity index (χ4v) is 3.00. The van der Waals surface area contributed by atoms with Gasteiger partial charge in [-0.3, -0.25) is 4.79 Å². The highest BCUT2D eigenvalue weighted by Crippen LogP contribution is 2.24. The maximum Gasteiger partial charge on any atom is 0.490 e. The molecule has 0 aliphatic carbocycles. The maximum atomic E-state index is 13.0. The lowest BCUT2D eigenvalue weighted by Crippen LogP contribution is -2.36. The SMILES string of the molecule is COCCN1CCN(C(=O)c2cccc(OC)c2)Cc2cccnc21.O=C(O)C(F)(F)F. The summed E-state index contributed by atoms with van der Waals surface area (Å²) in [7, 11) is 3.29. The van der Waals surface area contributed by atoms with Crippen molar-refractivity contribution in [1.29, 1.82) is 0 Å². The Bertz CT molecular complexity index is 924. The van der Waals surface area contributed by atoms with E-state index in [2.05, 4.69) is 9.88 Å². The van der Waals surface area contributed by atoms with Crippen LogP contribution in [-0.4, -0.2) is 73.5 Å². The fraction of sp³-hybridized carbons (Fsp3) is 0.381. The third kappa shape index (κ3) is 6.84. The first-order valence-corrected chi connectivity index (χ1v) is 9.58. The van der Waals surface area contributed by atoms with Crippen LogP contribution in [0.15, 0.2) is 42.6 Å². The number of rotatable bonds is 5. The number of methoxy groups -OCH3 is 2. The third-order valence-corrected chi connectivity index (χ3v) is 4.58. The number of fused-ring (bicyclic) bond motifs is 1. The number of carbonyl (C=O) groups is 2. The van der Waals surface area contributed by atoms with E-state index in [0.717, 1.165) is 24.5 Å². The molecule has 11 heteroatoms. The number of hydrogen-bond acceptors (Lipinski definition) is 6. The number of benzene rings is 1. The minimum atomic E-state index is -5.08. The minimum absolute atomic E-state index is 0.00212. The summed E-state index contributed by atoms with van der Waals surface area (Å²) in [5.74, 6) is -1.14. The summed E-state index contributed by atoms with van der Waals surface area (Å²) < 4.78 is 42.2. The summed E-state index contributed by atoms with van der Waals surface area (Å²) in [5.41, 5.74) is 1.68. The molecule has 0 fully saturated rings. The molecule has 0 unspecified atom stereocenters. The number of hydrogen-bond donors (Lipinski definition) is 1. The van der Waals surface area contributed by atoms with E-state index in [9.17, 15) is 18.0 Å². The van der Waals surface area contributed by atoms with E-state index < -0.39 is 12.1 Å². The maximum absolute atomic E-state index is 13.0. The second-order valence-electron chi connectivity index (χ2n) is 6.73. The van der Waals surface area contributed by atoms with Crippen molar-refractivity contribution in [2.24, 2.45) is 0 Å². The number of amides is 1. The van der Waals surface area contributed by atoms with Crippen molar-refractivity contribution in [2.75, 3.05) is 45.4 Å². The molecule has 1 amide bonds. The average Bonchev–Trinajstić information content (AvgIpc) is 2.96. The van der Waals surface area contributed by atoms with Crippen molar-refractivity contribution in [3.63, 3.8) is 0 Å². The molecule has 2 heterocycles. The molecule has 1 aromatic heterocycles. The predicted octanol–water partition coefficient (Wildman–Crippen LogP) is 2.83. The van der Waals surface area contributed by atoms with Crippen LogP contribution in [0.2, 0.25) is 0 Å². The monoisotopic (exact) mass is 455 g/mol. The minimum Gasteiger partial charge on any atom is -0.497 e. The van der Waals surface area contributed by atoms with E-state index in [4.69, 9.17) is 19.4 Å². The van der Waals surface area contributed by atoms with E-state index >= 15 is 0 Å². The van der Waals surface area contributed by atoms with E-state index in [-0.39, 0.29) is 5.91 Å². The number of carboxylic acid groups (broad SMARTS) is 1. The van der Waals surface area contributed by atoms with Crippen LogP contribution in [0.3, 0.4) is 0 Å². The van der Waals surface area contributed by atoms with Gasteiger partial charge in [0.2, 0.25) is 0 Å². The first-order chi connectivity index (χ1) is 15.2. The molecule has 8 nitrogen and oxygen atoms in total. The summed E-state index contributed by atoms with van der Waals surface area (Å²) >= 11 is 0. The molecule has 0 saturated heterocycles. The molecule has 1 aliphatic heterocycles. The van der Waals surface area contributed by atoms with Crippen LogP contribution in [0.25, 0.3) is 0 Å². The van der Waals surface area contributed by atoms with E-state index in [1.807, 2.05) is 35.2 Å².